The number of nitro benzene ring substituents is 1. The molecule has 0 aliphatic carbocycles. The fourth-order valence-electron chi connectivity index (χ4n) is 3.56. The fourth-order valence-corrected chi connectivity index (χ4v) is 4.57. The minimum Gasteiger partial charge on any atom is -0.376 e. The van der Waals surface area contributed by atoms with Crippen LogP contribution in [0.4, 0.5) is 5.69 Å². The Morgan fingerprint density at radius 1 is 1.32 bits per heavy atom. The van der Waals surface area contributed by atoms with Crippen molar-refractivity contribution in [2.45, 2.75) is 36.4 Å². The maximum atomic E-state index is 13.1. The highest BCUT2D eigenvalue weighted by Gasteiger charge is 2.22. The first-order valence-electron chi connectivity index (χ1n) is 9.75. The summed E-state index contributed by atoms with van der Waals surface area (Å²) in [5, 5.41) is 12.5. The molecule has 4 rings (SSSR count). The number of aromatic nitrogens is 2. The number of nitro groups is 1. The topological polar surface area (TPSA) is 130 Å². The normalized spacial score (nSPS) is 15.9. The zero-order chi connectivity index (χ0) is 22.0. The van der Waals surface area contributed by atoms with Crippen LogP contribution >= 0.6 is 11.8 Å². The quantitative estimate of drug-likeness (QED) is 0.259. The molecule has 31 heavy (non-hydrogen) atoms. The number of nitrogens with two attached hydrogens (primary N) is 1. The summed E-state index contributed by atoms with van der Waals surface area (Å²) >= 11 is 1.23. The fraction of sp³-hybridized carbons (Fsp3) is 0.286. The Morgan fingerprint density at radius 2 is 2.13 bits per heavy atom. The molecule has 1 saturated heterocycles. The molecule has 1 atom stereocenters. The number of para-hydroxylation sites is 1. The van der Waals surface area contributed by atoms with Gasteiger partial charge in [-0.1, -0.05) is 30.0 Å². The van der Waals surface area contributed by atoms with Crippen LogP contribution in [0.25, 0.3) is 10.9 Å². The van der Waals surface area contributed by atoms with Crippen LogP contribution in [0.2, 0.25) is 0 Å². The monoisotopic (exact) mass is 440 g/mol. The molecule has 1 aliphatic rings. The zero-order valence-corrected chi connectivity index (χ0v) is 17.3. The molecule has 1 aromatic heterocycles. The molecular formula is C21H20N4O5S. The average molecular weight is 440 g/mol. The van der Waals surface area contributed by atoms with E-state index in [0.717, 1.165) is 12.8 Å². The summed E-state index contributed by atoms with van der Waals surface area (Å²) in [7, 11) is 0. The Morgan fingerprint density at radius 3 is 2.84 bits per heavy atom. The van der Waals surface area contributed by atoms with Crippen LogP contribution in [0.15, 0.2) is 52.4 Å². The first-order valence-corrected chi connectivity index (χ1v) is 10.7. The van der Waals surface area contributed by atoms with Crippen LogP contribution in [-0.4, -0.2) is 33.1 Å². The molecule has 1 unspecified atom stereocenters. The van der Waals surface area contributed by atoms with Crippen molar-refractivity contribution in [1.29, 1.82) is 0 Å². The number of nitrogens with zero attached hydrogens (tertiary/aromatic N) is 3. The van der Waals surface area contributed by atoms with E-state index in [2.05, 4.69) is 4.98 Å². The van der Waals surface area contributed by atoms with Crippen LogP contribution in [0.5, 0.6) is 0 Å². The Balaban J connectivity index is 1.70. The standard InChI is InChI=1S/C21H20N4O5S/c22-19(26)13-7-8-14(18(10-13)25(28)29)12-31-21-23-17-6-2-1-5-16(17)20(27)24(21)11-15-4-3-9-30-15/h1-2,5-8,10,15H,3-4,9,11-12H2,(H2,22,26). The molecular weight excluding hydrogens is 420 g/mol. The predicted octanol–water partition coefficient (Wildman–Crippen LogP) is 2.87. The molecule has 10 heteroatoms. The van der Waals surface area contributed by atoms with Gasteiger partial charge in [-0.2, -0.15) is 0 Å². The van der Waals surface area contributed by atoms with Crippen molar-refractivity contribution in [3.8, 4) is 0 Å². The highest BCUT2D eigenvalue weighted by atomic mass is 32.2. The van der Waals surface area contributed by atoms with Crippen molar-refractivity contribution in [2.75, 3.05) is 6.61 Å². The number of hydrogen-bond acceptors (Lipinski definition) is 7. The second-order valence-corrected chi connectivity index (χ2v) is 8.16. The lowest BCUT2D eigenvalue weighted by Crippen LogP contribution is -2.28. The van der Waals surface area contributed by atoms with Crippen molar-refractivity contribution in [1.82, 2.24) is 9.55 Å². The molecule has 160 valence electrons. The molecule has 1 aliphatic heterocycles. The maximum Gasteiger partial charge on any atom is 0.274 e. The van der Waals surface area contributed by atoms with Crippen molar-refractivity contribution in [3.05, 3.63) is 74.1 Å². The van der Waals surface area contributed by atoms with Gasteiger partial charge in [0.15, 0.2) is 5.16 Å². The van der Waals surface area contributed by atoms with Gasteiger partial charge >= 0.3 is 0 Å². The lowest BCUT2D eigenvalue weighted by atomic mass is 10.1. The number of thioether (sulfide) groups is 1. The molecule has 2 aromatic carbocycles. The molecule has 2 N–H and O–H groups in total. The van der Waals surface area contributed by atoms with Crippen molar-refractivity contribution < 1.29 is 14.5 Å². The number of rotatable bonds is 7. The van der Waals surface area contributed by atoms with E-state index >= 15 is 0 Å². The number of ether oxygens (including phenoxy) is 1. The number of carbonyl (C=O) groups is 1. The second-order valence-electron chi connectivity index (χ2n) is 7.22. The molecule has 9 nitrogen and oxygen atoms in total. The van der Waals surface area contributed by atoms with Crippen LogP contribution in [0.1, 0.15) is 28.8 Å². The third-order valence-corrected chi connectivity index (χ3v) is 6.19. The summed E-state index contributed by atoms with van der Waals surface area (Å²) in [5.41, 5.74) is 5.92. The van der Waals surface area contributed by atoms with Gasteiger partial charge in [0.25, 0.3) is 11.2 Å². The van der Waals surface area contributed by atoms with E-state index in [9.17, 15) is 19.7 Å². The Bertz CT molecular complexity index is 1220. The second kappa shape index (κ2) is 8.86. The number of benzene rings is 2. The van der Waals surface area contributed by atoms with Gasteiger partial charge in [0.2, 0.25) is 5.91 Å². The third-order valence-electron chi connectivity index (χ3n) is 5.16. The number of hydrogen-bond donors (Lipinski definition) is 1. The van der Waals surface area contributed by atoms with Crippen molar-refractivity contribution in [2.24, 2.45) is 5.73 Å². The molecule has 0 radical (unpaired) electrons. The number of carbonyl (C=O) groups excluding carboxylic acids is 1. The van der Waals surface area contributed by atoms with E-state index < -0.39 is 10.8 Å². The summed E-state index contributed by atoms with van der Waals surface area (Å²) < 4.78 is 7.29. The Hall–Kier alpha value is -3.24. The van der Waals surface area contributed by atoms with Gasteiger partial charge in [0, 0.05) is 29.6 Å². The summed E-state index contributed by atoms with van der Waals surface area (Å²) in [4.78, 5) is 40.1. The van der Waals surface area contributed by atoms with Crippen molar-refractivity contribution in [3.63, 3.8) is 0 Å². The SMILES string of the molecule is NC(=O)c1ccc(CSc2nc3ccccc3c(=O)n2CC2CCCO2)c([N+](=O)[O-])c1. The summed E-state index contributed by atoms with van der Waals surface area (Å²) in [6.07, 6.45) is 1.74. The minimum absolute atomic E-state index is 0.0656. The average Bonchev–Trinajstić information content (AvgIpc) is 3.27. The first-order chi connectivity index (χ1) is 14.9. The zero-order valence-electron chi connectivity index (χ0n) is 16.5. The highest BCUT2D eigenvalue weighted by Crippen LogP contribution is 2.29. The van der Waals surface area contributed by atoms with E-state index in [0.29, 0.717) is 34.8 Å². The predicted molar refractivity (Wildman–Crippen MR) is 116 cm³/mol. The Labute approximate surface area is 181 Å². The smallest absolute Gasteiger partial charge is 0.274 e. The molecule has 0 saturated carbocycles. The van der Waals surface area contributed by atoms with E-state index in [4.69, 9.17) is 10.5 Å². The van der Waals surface area contributed by atoms with E-state index in [1.807, 2.05) is 0 Å². The van der Waals surface area contributed by atoms with E-state index in [-0.39, 0.29) is 28.7 Å². The summed E-state index contributed by atoms with van der Waals surface area (Å²) in [6, 6.07) is 11.2. The minimum atomic E-state index is -0.732. The molecule has 2 heterocycles. The molecule has 1 amide bonds. The van der Waals surface area contributed by atoms with Crippen LogP contribution in [0.3, 0.4) is 0 Å². The molecule has 0 spiro atoms. The lowest BCUT2D eigenvalue weighted by Gasteiger charge is -2.16. The molecule has 3 aromatic rings. The van der Waals surface area contributed by atoms with Gasteiger partial charge in [-0.15, -0.1) is 0 Å². The summed E-state index contributed by atoms with van der Waals surface area (Å²) in [5.74, 6) is -0.532. The number of fused-ring (bicyclic) bond motifs is 1. The number of amides is 1. The van der Waals surface area contributed by atoms with Crippen molar-refractivity contribution >= 4 is 34.3 Å². The van der Waals surface area contributed by atoms with E-state index in [1.165, 1.54) is 30.0 Å². The van der Waals surface area contributed by atoms with Gasteiger partial charge in [0.05, 0.1) is 28.5 Å². The molecule has 1 fully saturated rings. The largest absolute Gasteiger partial charge is 0.376 e. The lowest BCUT2D eigenvalue weighted by molar-refractivity contribution is -0.385. The maximum absolute atomic E-state index is 13.1. The van der Waals surface area contributed by atoms with E-state index in [1.54, 1.807) is 28.8 Å². The van der Waals surface area contributed by atoms with Crippen LogP contribution in [0, 0.1) is 10.1 Å². The third kappa shape index (κ3) is 4.44. The van der Waals surface area contributed by atoms with Gasteiger partial charge in [0.1, 0.15) is 0 Å². The van der Waals surface area contributed by atoms with Crippen LogP contribution in [-0.2, 0) is 17.0 Å². The van der Waals surface area contributed by atoms with Gasteiger partial charge in [-0.05, 0) is 31.0 Å². The van der Waals surface area contributed by atoms with Gasteiger partial charge < -0.3 is 10.5 Å². The first kappa shape index (κ1) is 21.0. The Kier molecular flexibility index (Phi) is 6.01. The van der Waals surface area contributed by atoms with Crippen LogP contribution < -0.4 is 11.3 Å². The van der Waals surface area contributed by atoms with Gasteiger partial charge in [-0.25, -0.2) is 4.98 Å². The molecule has 0 bridgehead atoms. The summed E-state index contributed by atoms with van der Waals surface area (Å²) in [6.45, 7) is 1.04. The number of primary amides is 1. The highest BCUT2D eigenvalue weighted by molar-refractivity contribution is 7.98. The van der Waals surface area contributed by atoms with Gasteiger partial charge in [-0.3, -0.25) is 24.3 Å².